The monoisotopic (exact) mass is 207 g/mol. The van der Waals surface area contributed by atoms with Crippen molar-refractivity contribution in [1.29, 1.82) is 0 Å². The van der Waals surface area contributed by atoms with Crippen molar-refractivity contribution in [1.82, 2.24) is 4.98 Å². The number of rotatable bonds is 4. The van der Waals surface area contributed by atoms with Gasteiger partial charge in [-0.1, -0.05) is 12.1 Å². The third kappa shape index (κ3) is 4.62. The average molecular weight is 207 g/mol. The molecule has 4 nitrogen and oxygen atoms in total. The lowest BCUT2D eigenvalue weighted by Gasteiger charge is -2.09. The number of pyridine rings is 1. The van der Waals surface area contributed by atoms with E-state index < -0.39 is 7.12 Å². The van der Waals surface area contributed by atoms with E-state index in [9.17, 15) is 0 Å². The highest BCUT2D eigenvalue weighted by Crippen LogP contribution is 2.13. The second-order valence-corrected chi connectivity index (χ2v) is 3.39. The van der Waals surface area contributed by atoms with Crippen LogP contribution in [-0.2, 0) is 0 Å². The molecule has 80 valence electrons. The first-order valence-corrected chi connectivity index (χ1v) is 4.74. The predicted octanol–water partition coefficient (Wildman–Crippen LogP) is 0.894. The van der Waals surface area contributed by atoms with E-state index in [2.05, 4.69) is 4.98 Å². The molecule has 0 fully saturated rings. The topological polar surface area (TPSA) is 62.6 Å². The third-order valence-electron chi connectivity index (χ3n) is 1.57. The van der Waals surface area contributed by atoms with Crippen LogP contribution >= 0.6 is 0 Å². The molecule has 1 heterocycles. The van der Waals surface area contributed by atoms with Crippen LogP contribution < -0.4 is 4.74 Å². The molecule has 0 saturated carbocycles. The van der Waals surface area contributed by atoms with Gasteiger partial charge in [-0.2, -0.15) is 0 Å². The molecular weight excluding hydrogens is 193 g/mol. The van der Waals surface area contributed by atoms with Gasteiger partial charge in [0.2, 0.25) is 0 Å². The molecule has 1 rings (SSSR count). The summed E-state index contributed by atoms with van der Waals surface area (Å²) in [4.78, 5) is 3.98. The van der Waals surface area contributed by atoms with Gasteiger partial charge in [-0.25, -0.2) is 0 Å². The SMILES string of the molecule is CC(C)Oc1cncc(/C=C/B(O)O)c1. The van der Waals surface area contributed by atoms with Crippen LogP contribution in [0.4, 0.5) is 0 Å². The van der Waals surface area contributed by atoms with Crippen LogP contribution in [0.3, 0.4) is 0 Å². The lowest BCUT2D eigenvalue weighted by molar-refractivity contribution is 0.241. The van der Waals surface area contributed by atoms with Crippen LogP contribution in [0.2, 0.25) is 0 Å². The van der Waals surface area contributed by atoms with E-state index in [-0.39, 0.29) is 6.10 Å². The zero-order chi connectivity index (χ0) is 11.3. The number of hydrogen-bond donors (Lipinski definition) is 2. The van der Waals surface area contributed by atoms with Gasteiger partial charge in [0.25, 0.3) is 0 Å². The Bertz CT molecular complexity index is 339. The minimum atomic E-state index is -1.44. The Labute approximate surface area is 89.4 Å². The molecule has 0 aliphatic rings. The normalized spacial score (nSPS) is 11.0. The second-order valence-electron chi connectivity index (χ2n) is 3.39. The Morgan fingerprint density at radius 2 is 2.13 bits per heavy atom. The summed E-state index contributed by atoms with van der Waals surface area (Å²) in [5.41, 5.74) is 0.765. The first kappa shape index (κ1) is 11.7. The van der Waals surface area contributed by atoms with Crippen LogP contribution in [0.1, 0.15) is 19.4 Å². The Hall–Kier alpha value is -1.33. The largest absolute Gasteiger partial charge is 0.489 e. The molecule has 0 bridgehead atoms. The molecule has 15 heavy (non-hydrogen) atoms. The van der Waals surface area contributed by atoms with Crippen molar-refractivity contribution in [2.45, 2.75) is 20.0 Å². The zero-order valence-corrected chi connectivity index (χ0v) is 8.79. The summed E-state index contributed by atoms with van der Waals surface area (Å²) < 4.78 is 5.44. The van der Waals surface area contributed by atoms with Crippen molar-refractivity contribution in [2.75, 3.05) is 0 Å². The lowest BCUT2D eigenvalue weighted by Crippen LogP contribution is -2.06. The zero-order valence-electron chi connectivity index (χ0n) is 8.79. The number of nitrogens with zero attached hydrogens (tertiary/aromatic N) is 1. The number of ether oxygens (including phenoxy) is 1. The first-order chi connectivity index (χ1) is 7.08. The molecule has 0 spiro atoms. The molecule has 0 aliphatic carbocycles. The maximum Gasteiger partial charge on any atom is 0.480 e. The third-order valence-corrected chi connectivity index (χ3v) is 1.57. The lowest BCUT2D eigenvalue weighted by atomic mass is 9.91. The molecule has 1 aromatic heterocycles. The molecule has 0 amide bonds. The van der Waals surface area contributed by atoms with Crippen LogP contribution in [0.5, 0.6) is 5.75 Å². The fourth-order valence-corrected chi connectivity index (χ4v) is 1.06. The van der Waals surface area contributed by atoms with Gasteiger partial charge < -0.3 is 14.8 Å². The molecular formula is C10H14BNO3. The predicted molar refractivity (Wildman–Crippen MR) is 59.2 cm³/mol. The van der Waals surface area contributed by atoms with E-state index in [1.165, 1.54) is 5.98 Å². The van der Waals surface area contributed by atoms with Gasteiger partial charge in [0, 0.05) is 6.20 Å². The number of hydrogen-bond acceptors (Lipinski definition) is 4. The highest BCUT2D eigenvalue weighted by molar-refractivity contribution is 6.48. The fraction of sp³-hybridized carbons (Fsp3) is 0.300. The van der Waals surface area contributed by atoms with E-state index in [4.69, 9.17) is 14.8 Å². The molecule has 0 aromatic carbocycles. The quantitative estimate of drug-likeness (QED) is 0.719. The molecule has 5 heteroatoms. The van der Waals surface area contributed by atoms with Crippen LogP contribution in [0.15, 0.2) is 24.4 Å². The Kier molecular flexibility index (Phi) is 4.33. The van der Waals surface area contributed by atoms with Gasteiger partial charge in [0.15, 0.2) is 0 Å². The smallest absolute Gasteiger partial charge is 0.480 e. The van der Waals surface area contributed by atoms with E-state index in [0.29, 0.717) is 5.75 Å². The van der Waals surface area contributed by atoms with E-state index in [1.807, 2.05) is 13.8 Å². The summed E-state index contributed by atoms with van der Waals surface area (Å²) in [7, 11) is -1.44. The van der Waals surface area contributed by atoms with Crippen LogP contribution in [0.25, 0.3) is 6.08 Å². The van der Waals surface area contributed by atoms with Crippen molar-refractivity contribution in [2.24, 2.45) is 0 Å². The summed E-state index contributed by atoms with van der Waals surface area (Å²) in [6.45, 7) is 3.86. The van der Waals surface area contributed by atoms with Crippen molar-refractivity contribution in [3.8, 4) is 5.75 Å². The summed E-state index contributed by atoms with van der Waals surface area (Å²) in [6, 6.07) is 1.78. The molecule has 2 N–H and O–H groups in total. The van der Waals surface area contributed by atoms with Gasteiger partial charge >= 0.3 is 7.12 Å². The van der Waals surface area contributed by atoms with E-state index in [0.717, 1.165) is 5.56 Å². The van der Waals surface area contributed by atoms with Gasteiger partial charge in [-0.3, -0.25) is 4.98 Å². The molecule has 0 saturated heterocycles. The minimum Gasteiger partial charge on any atom is -0.489 e. The summed E-state index contributed by atoms with van der Waals surface area (Å²) in [5.74, 6) is 1.93. The average Bonchev–Trinajstić information content (AvgIpc) is 2.14. The maximum atomic E-state index is 8.65. The standard InChI is InChI=1S/C10H14BNO3/c1-8(2)15-10-5-9(6-12-7-10)3-4-11(13)14/h3-8,13-14H,1-2H3/b4-3+. The van der Waals surface area contributed by atoms with Crippen molar-refractivity contribution < 1.29 is 14.8 Å². The summed E-state index contributed by atoms with van der Waals surface area (Å²) in [5, 5.41) is 17.3. The molecule has 0 radical (unpaired) electrons. The highest BCUT2D eigenvalue weighted by atomic mass is 16.5. The fourth-order valence-electron chi connectivity index (χ4n) is 1.06. The van der Waals surface area contributed by atoms with Gasteiger partial charge in [-0.15, -0.1) is 0 Å². The van der Waals surface area contributed by atoms with Crippen LogP contribution in [-0.4, -0.2) is 28.3 Å². The van der Waals surface area contributed by atoms with Crippen molar-refractivity contribution in [3.05, 3.63) is 30.0 Å². The highest BCUT2D eigenvalue weighted by Gasteiger charge is 2.01. The molecule has 0 aliphatic heterocycles. The van der Waals surface area contributed by atoms with Crippen molar-refractivity contribution >= 4 is 13.2 Å². The van der Waals surface area contributed by atoms with E-state index >= 15 is 0 Å². The minimum absolute atomic E-state index is 0.0921. The molecule has 0 atom stereocenters. The van der Waals surface area contributed by atoms with Gasteiger partial charge in [0.1, 0.15) is 5.75 Å². The van der Waals surface area contributed by atoms with E-state index in [1.54, 1.807) is 24.5 Å². The molecule has 1 aromatic rings. The Morgan fingerprint density at radius 1 is 1.40 bits per heavy atom. The second kappa shape index (κ2) is 5.53. The Morgan fingerprint density at radius 3 is 2.73 bits per heavy atom. The van der Waals surface area contributed by atoms with Crippen LogP contribution in [0, 0.1) is 0 Å². The van der Waals surface area contributed by atoms with Gasteiger partial charge in [0.05, 0.1) is 12.3 Å². The summed E-state index contributed by atoms with van der Waals surface area (Å²) in [6.07, 6.45) is 4.90. The van der Waals surface area contributed by atoms with Gasteiger partial charge in [-0.05, 0) is 25.5 Å². The Balaban J connectivity index is 2.74. The summed E-state index contributed by atoms with van der Waals surface area (Å²) >= 11 is 0. The number of aromatic nitrogens is 1. The first-order valence-electron chi connectivity index (χ1n) is 4.74. The van der Waals surface area contributed by atoms with Crippen molar-refractivity contribution in [3.63, 3.8) is 0 Å². The maximum absolute atomic E-state index is 8.65. The molecule has 0 unspecified atom stereocenters.